The number of carboxylic acids is 1. The molecule has 0 radical (unpaired) electrons. The molecule has 0 aliphatic carbocycles. The number of carboxylic acid groups (broad SMARTS) is 1. The lowest BCUT2D eigenvalue weighted by Gasteiger charge is -2.19. The van der Waals surface area contributed by atoms with Crippen LogP contribution in [0.5, 0.6) is 0 Å². The van der Waals surface area contributed by atoms with Gasteiger partial charge < -0.3 is 21.5 Å². The molecule has 0 spiro atoms. The molecule has 0 saturated carbocycles. The number of benzene rings is 1. The molecule has 0 fully saturated rings. The maximum atomic E-state index is 11.5. The minimum Gasteiger partial charge on any atom is -0.478 e. The Morgan fingerprint density at radius 1 is 1.23 bits per heavy atom. The third kappa shape index (κ3) is 3.09. The number of nitrogens with two attached hydrogens (primary N) is 2. The number of aromatic nitrogens is 3. The molecule has 26 heavy (non-hydrogen) atoms. The number of carbonyl (C=O) groups excluding carboxylic acids is 1. The van der Waals surface area contributed by atoms with Gasteiger partial charge in [-0.25, -0.2) is 9.78 Å². The number of hydrogen-bond donors (Lipinski definition) is 3. The molecular weight excluding hydrogens is 336 g/mol. The van der Waals surface area contributed by atoms with Crippen molar-refractivity contribution >= 4 is 40.9 Å². The van der Waals surface area contributed by atoms with Crippen molar-refractivity contribution in [2.75, 3.05) is 16.4 Å². The normalized spacial score (nSPS) is 10.7. The summed E-state index contributed by atoms with van der Waals surface area (Å²) in [6.07, 6.45) is 2.27. The van der Waals surface area contributed by atoms with Crippen LogP contribution in [0.1, 0.15) is 21.5 Å². The highest BCUT2D eigenvalue weighted by Gasteiger charge is 2.14. The SMILES string of the molecule is Cc1c(CN(C=O)c2ccc(C(=O)O)cc2)cnc2nc(N)nc(N)c12. The predicted molar refractivity (Wildman–Crippen MR) is 96.5 cm³/mol. The van der Waals surface area contributed by atoms with E-state index in [1.165, 1.54) is 17.0 Å². The number of fused-ring (bicyclic) bond motifs is 1. The van der Waals surface area contributed by atoms with Crippen LogP contribution in [-0.4, -0.2) is 32.4 Å². The van der Waals surface area contributed by atoms with Crippen LogP contribution in [0, 0.1) is 6.92 Å². The third-order valence-corrected chi connectivity index (χ3v) is 4.05. The summed E-state index contributed by atoms with van der Waals surface area (Å²) in [6, 6.07) is 6.02. The summed E-state index contributed by atoms with van der Waals surface area (Å²) in [5, 5.41) is 9.55. The molecule has 3 aromatic rings. The molecule has 3 rings (SSSR count). The Morgan fingerprint density at radius 2 is 1.92 bits per heavy atom. The van der Waals surface area contributed by atoms with E-state index in [9.17, 15) is 9.59 Å². The van der Waals surface area contributed by atoms with Crippen LogP contribution in [0.25, 0.3) is 11.0 Å². The van der Waals surface area contributed by atoms with Gasteiger partial charge >= 0.3 is 5.97 Å². The van der Waals surface area contributed by atoms with Crippen molar-refractivity contribution in [1.82, 2.24) is 15.0 Å². The summed E-state index contributed by atoms with van der Waals surface area (Å²) in [6.45, 7) is 2.07. The van der Waals surface area contributed by atoms with Crippen LogP contribution in [0.15, 0.2) is 30.5 Å². The number of nitrogens with zero attached hydrogens (tertiary/aromatic N) is 4. The maximum Gasteiger partial charge on any atom is 0.335 e. The highest BCUT2D eigenvalue weighted by molar-refractivity contribution is 5.90. The van der Waals surface area contributed by atoms with Gasteiger partial charge in [0.05, 0.1) is 17.5 Å². The van der Waals surface area contributed by atoms with E-state index in [0.717, 1.165) is 11.1 Å². The van der Waals surface area contributed by atoms with Crippen molar-refractivity contribution in [1.29, 1.82) is 0 Å². The highest BCUT2D eigenvalue weighted by Crippen LogP contribution is 2.25. The number of carbonyl (C=O) groups is 2. The monoisotopic (exact) mass is 352 g/mol. The molecular formula is C17H16N6O3. The summed E-state index contributed by atoms with van der Waals surface area (Å²) in [5.41, 5.74) is 14.2. The minimum atomic E-state index is -1.03. The van der Waals surface area contributed by atoms with Gasteiger partial charge in [0.1, 0.15) is 5.82 Å². The molecule has 0 unspecified atom stereocenters. The molecule has 2 heterocycles. The van der Waals surface area contributed by atoms with Crippen molar-refractivity contribution in [3.05, 3.63) is 47.2 Å². The quantitative estimate of drug-likeness (QED) is 0.583. The summed E-state index contributed by atoms with van der Waals surface area (Å²) in [5.74, 6) is -0.760. The van der Waals surface area contributed by atoms with E-state index in [0.29, 0.717) is 23.1 Å². The van der Waals surface area contributed by atoms with Gasteiger partial charge in [-0.05, 0) is 42.3 Å². The molecule has 5 N–H and O–H groups in total. The van der Waals surface area contributed by atoms with Crippen molar-refractivity contribution in [3.8, 4) is 0 Å². The average Bonchev–Trinajstić information content (AvgIpc) is 2.61. The second kappa shape index (κ2) is 6.63. The lowest BCUT2D eigenvalue weighted by Crippen LogP contribution is -2.21. The van der Waals surface area contributed by atoms with Crippen LogP contribution in [0.2, 0.25) is 0 Å². The molecule has 2 aromatic heterocycles. The van der Waals surface area contributed by atoms with Gasteiger partial charge in [-0.3, -0.25) is 4.79 Å². The first-order valence-corrected chi connectivity index (χ1v) is 7.63. The number of anilines is 3. The number of nitrogen functional groups attached to an aromatic ring is 2. The number of aromatic carboxylic acids is 1. The Balaban J connectivity index is 1.97. The zero-order valence-corrected chi connectivity index (χ0v) is 13.9. The third-order valence-electron chi connectivity index (χ3n) is 4.05. The number of aryl methyl sites for hydroxylation is 1. The summed E-state index contributed by atoms with van der Waals surface area (Å²) in [7, 11) is 0. The van der Waals surface area contributed by atoms with Crippen LogP contribution in [0.4, 0.5) is 17.5 Å². The lowest BCUT2D eigenvalue weighted by atomic mass is 10.1. The van der Waals surface area contributed by atoms with Gasteiger partial charge in [0.25, 0.3) is 0 Å². The molecule has 0 atom stereocenters. The molecule has 9 heteroatoms. The first-order valence-electron chi connectivity index (χ1n) is 7.63. The molecule has 0 aliphatic rings. The lowest BCUT2D eigenvalue weighted by molar-refractivity contribution is -0.107. The van der Waals surface area contributed by atoms with Crippen LogP contribution >= 0.6 is 0 Å². The van der Waals surface area contributed by atoms with E-state index in [-0.39, 0.29) is 23.9 Å². The zero-order valence-electron chi connectivity index (χ0n) is 13.9. The van der Waals surface area contributed by atoms with E-state index < -0.39 is 5.97 Å². The number of hydrogen-bond acceptors (Lipinski definition) is 7. The fraction of sp³-hybridized carbons (Fsp3) is 0.118. The molecule has 0 saturated heterocycles. The molecule has 0 aliphatic heterocycles. The largest absolute Gasteiger partial charge is 0.478 e. The van der Waals surface area contributed by atoms with Gasteiger partial charge in [-0.2, -0.15) is 9.97 Å². The molecule has 0 bridgehead atoms. The van der Waals surface area contributed by atoms with E-state index in [1.54, 1.807) is 18.3 Å². The smallest absolute Gasteiger partial charge is 0.335 e. The van der Waals surface area contributed by atoms with Gasteiger partial charge in [0.2, 0.25) is 12.4 Å². The van der Waals surface area contributed by atoms with Crippen LogP contribution in [-0.2, 0) is 11.3 Å². The molecule has 1 aromatic carbocycles. The summed E-state index contributed by atoms with van der Waals surface area (Å²) in [4.78, 5) is 36.2. The van der Waals surface area contributed by atoms with Crippen molar-refractivity contribution in [2.24, 2.45) is 0 Å². The Labute approximate surface area is 148 Å². The van der Waals surface area contributed by atoms with Crippen molar-refractivity contribution in [3.63, 3.8) is 0 Å². The standard InChI is InChI=1S/C17H16N6O3/c1-9-11(6-20-15-13(9)14(18)21-17(19)22-15)7-23(8-24)12-4-2-10(3-5-12)16(25)26/h2-6,8H,7H2,1H3,(H,25,26)(H4,18,19,20,21,22). The number of amides is 1. The van der Waals surface area contributed by atoms with E-state index in [2.05, 4.69) is 15.0 Å². The fourth-order valence-corrected chi connectivity index (χ4v) is 2.66. The first kappa shape index (κ1) is 17.1. The molecule has 132 valence electrons. The molecule has 9 nitrogen and oxygen atoms in total. The van der Waals surface area contributed by atoms with Gasteiger partial charge in [-0.1, -0.05) is 0 Å². The summed E-state index contributed by atoms with van der Waals surface area (Å²) >= 11 is 0. The number of pyridine rings is 1. The van der Waals surface area contributed by atoms with Crippen LogP contribution < -0.4 is 16.4 Å². The van der Waals surface area contributed by atoms with Crippen molar-refractivity contribution < 1.29 is 14.7 Å². The second-order valence-corrected chi connectivity index (χ2v) is 5.66. The summed E-state index contributed by atoms with van der Waals surface area (Å²) < 4.78 is 0. The molecule has 1 amide bonds. The Hall–Kier alpha value is -3.75. The maximum absolute atomic E-state index is 11.5. The zero-order chi connectivity index (χ0) is 18.8. The van der Waals surface area contributed by atoms with Gasteiger partial charge in [-0.15, -0.1) is 0 Å². The Kier molecular flexibility index (Phi) is 4.36. The van der Waals surface area contributed by atoms with Crippen LogP contribution in [0.3, 0.4) is 0 Å². The van der Waals surface area contributed by atoms with E-state index in [4.69, 9.17) is 16.6 Å². The number of rotatable bonds is 5. The highest BCUT2D eigenvalue weighted by atomic mass is 16.4. The van der Waals surface area contributed by atoms with E-state index in [1.807, 2.05) is 6.92 Å². The van der Waals surface area contributed by atoms with Gasteiger partial charge in [0.15, 0.2) is 5.65 Å². The fourth-order valence-electron chi connectivity index (χ4n) is 2.66. The predicted octanol–water partition coefficient (Wildman–Crippen LogP) is 1.36. The van der Waals surface area contributed by atoms with E-state index >= 15 is 0 Å². The second-order valence-electron chi connectivity index (χ2n) is 5.66. The average molecular weight is 352 g/mol. The topological polar surface area (TPSA) is 148 Å². The minimum absolute atomic E-state index is 0.0442. The Morgan fingerprint density at radius 3 is 2.54 bits per heavy atom. The first-order chi connectivity index (χ1) is 12.4. The van der Waals surface area contributed by atoms with Crippen molar-refractivity contribution in [2.45, 2.75) is 13.5 Å². The van der Waals surface area contributed by atoms with Gasteiger partial charge in [0, 0.05) is 11.9 Å². The Bertz CT molecular complexity index is 1000.